The van der Waals surface area contributed by atoms with Gasteiger partial charge in [0.25, 0.3) is 0 Å². The van der Waals surface area contributed by atoms with Crippen LogP contribution in [0.2, 0.25) is 0 Å². The molecule has 21 heavy (non-hydrogen) atoms. The number of H-pyrrole nitrogens is 1. The van der Waals surface area contributed by atoms with Gasteiger partial charge in [-0.05, 0) is 36.9 Å². The summed E-state index contributed by atoms with van der Waals surface area (Å²) in [6.45, 7) is 10.1. The molecule has 0 amide bonds. The number of aromatic nitrogens is 3. The van der Waals surface area contributed by atoms with Gasteiger partial charge in [-0.3, -0.25) is 0 Å². The topological polar surface area (TPSA) is 41.6 Å². The van der Waals surface area contributed by atoms with Gasteiger partial charge in [0.1, 0.15) is 5.01 Å². The van der Waals surface area contributed by atoms with Crippen LogP contribution in [0.1, 0.15) is 33.3 Å². The lowest BCUT2D eigenvalue weighted by Gasteiger charge is -1.96. The molecule has 0 aliphatic carbocycles. The Balaban J connectivity index is 0.000000510. The predicted octanol–water partition coefficient (Wildman–Crippen LogP) is 5.77. The summed E-state index contributed by atoms with van der Waals surface area (Å²) in [4.78, 5) is 3.25. The van der Waals surface area contributed by atoms with E-state index in [0.717, 1.165) is 14.9 Å². The van der Waals surface area contributed by atoms with Crippen molar-refractivity contribution in [2.75, 3.05) is 6.26 Å². The molecular weight excluding hydrogens is 298 g/mol. The average molecular weight is 322 g/mol. The minimum Gasteiger partial charge on any atom is -0.361 e. The van der Waals surface area contributed by atoms with Crippen LogP contribution in [0, 0.1) is 6.92 Å². The zero-order valence-electron chi connectivity index (χ0n) is 13.5. The second-order valence-corrected chi connectivity index (χ2v) is 5.84. The molecule has 3 nitrogen and oxygen atoms in total. The van der Waals surface area contributed by atoms with E-state index in [1.165, 1.54) is 16.5 Å². The highest BCUT2D eigenvalue weighted by Gasteiger charge is 2.08. The number of nitrogens with one attached hydrogen (secondary N) is 1. The largest absolute Gasteiger partial charge is 0.361 e. The predicted molar refractivity (Wildman–Crippen MR) is 96.4 cm³/mol. The van der Waals surface area contributed by atoms with Crippen LogP contribution < -0.4 is 0 Å². The Bertz CT molecular complexity index is 671. The number of nitrogens with zero attached hydrogens (tertiary/aromatic N) is 2. The first-order chi connectivity index (χ1) is 10.3. The number of aryl methyl sites for hydroxylation is 1. The number of fused-ring (bicyclic) bond motifs is 1. The molecule has 3 aromatic rings. The van der Waals surface area contributed by atoms with Crippen molar-refractivity contribution in [2.24, 2.45) is 0 Å². The second-order valence-electron chi connectivity index (χ2n) is 3.81. The zero-order chi connectivity index (χ0) is 15.8. The molecule has 0 atom stereocenters. The van der Waals surface area contributed by atoms with Gasteiger partial charge in [-0.1, -0.05) is 50.8 Å². The molecule has 0 unspecified atom stereocenters. The van der Waals surface area contributed by atoms with E-state index in [4.69, 9.17) is 0 Å². The Labute approximate surface area is 135 Å². The molecule has 0 saturated heterocycles. The summed E-state index contributed by atoms with van der Waals surface area (Å²) >= 11 is 3.27. The van der Waals surface area contributed by atoms with Gasteiger partial charge in [0.05, 0.1) is 0 Å². The Hall–Kier alpha value is -1.33. The van der Waals surface area contributed by atoms with Crippen LogP contribution >= 0.6 is 23.1 Å². The maximum absolute atomic E-state index is 4.22. The van der Waals surface area contributed by atoms with E-state index in [1.807, 2.05) is 40.1 Å². The monoisotopic (exact) mass is 321 g/mol. The van der Waals surface area contributed by atoms with E-state index in [9.17, 15) is 0 Å². The van der Waals surface area contributed by atoms with E-state index < -0.39 is 0 Å². The SMILES string of the molecule is CC.CC.CSc1nnc(-c2ccc3[nH]cc(C)c3c2)s1. The third-order valence-corrected chi connectivity index (χ3v) is 4.66. The third kappa shape index (κ3) is 4.08. The highest BCUT2D eigenvalue weighted by Crippen LogP contribution is 2.30. The third-order valence-electron chi connectivity index (χ3n) is 2.72. The molecule has 114 valence electrons. The fraction of sp³-hybridized carbons (Fsp3) is 0.375. The van der Waals surface area contributed by atoms with Crippen molar-refractivity contribution in [3.8, 4) is 10.6 Å². The Morgan fingerprint density at radius 2 is 1.81 bits per heavy atom. The molecule has 0 saturated carbocycles. The summed E-state index contributed by atoms with van der Waals surface area (Å²) in [7, 11) is 0. The number of aromatic amines is 1. The smallest absolute Gasteiger partial charge is 0.174 e. The fourth-order valence-electron chi connectivity index (χ4n) is 1.80. The molecule has 3 rings (SSSR count). The molecule has 0 spiro atoms. The van der Waals surface area contributed by atoms with Gasteiger partial charge >= 0.3 is 0 Å². The quantitative estimate of drug-likeness (QED) is 0.609. The lowest BCUT2D eigenvalue weighted by atomic mass is 10.1. The standard InChI is InChI=1S/C12H11N3S2.2C2H6/c1-7-6-13-10-4-3-8(5-9(7)10)11-14-15-12(16-2)17-11;2*1-2/h3-6,13H,1-2H3;2*1-2H3. The van der Waals surface area contributed by atoms with Crippen LogP contribution in [0.25, 0.3) is 21.5 Å². The lowest BCUT2D eigenvalue weighted by Crippen LogP contribution is -1.77. The molecule has 1 aromatic carbocycles. The summed E-state index contributed by atoms with van der Waals surface area (Å²) in [6.07, 6.45) is 4.05. The summed E-state index contributed by atoms with van der Waals surface area (Å²) in [6, 6.07) is 6.35. The van der Waals surface area contributed by atoms with Crippen molar-refractivity contribution in [3.05, 3.63) is 30.0 Å². The van der Waals surface area contributed by atoms with Crippen LogP contribution in [0.3, 0.4) is 0 Å². The van der Waals surface area contributed by atoms with Crippen molar-refractivity contribution < 1.29 is 0 Å². The van der Waals surface area contributed by atoms with Crippen molar-refractivity contribution in [1.29, 1.82) is 0 Å². The van der Waals surface area contributed by atoms with E-state index in [0.29, 0.717) is 0 Å². The van der Waals surface area contributed by atoms with Crippen molar-refractivity contribution in [2.45, 2.75) is 39.0 Å². The van der Waals surface area contributed by atoms with Crippen LogP contribution in [0.15, 0.2) is 28.7 Å². The number of rotatable bonds is 2. The highest BCUT2D eigenvalue weighted by atomic mass is 32.2. The Kier molecular flexibility index (Phi) is 7.47. The maximum Gasteiger partial charge on any atom is 0.174 e. The van der Waals surface area contributed by atoms with Crippen molar-refractivity contribution in [3.63, 3.8) is 0 Å². The molecular formula is C16H23N3S2. The molecule has 0 aliphatic rings. The highest BCUT2D eigenvalue weighted by molar-refractivity contribution is 8.00. The van der Waals surface area contributed by atoms with Gasteiger partial charge in [-0.25, -0.2) is 0 Å². The molecule has 0 bridgehead atoms. The van der Waals surface area contributed by atoms with Crippen LogP contribution in [-0.2, 0) is 0 Å². The Morgan fingerprint density at radius 1 is 1.10 bits per heavy atom. The summed E-state index contributed by atoms with van der Waals surface area (Å²) in [5, 5.41) is 10.6. The first-order valence-corrected chi connectivity index (χ1v) is 9.27. The summed E-state index contributed by atoms with van der Waals surface area (Å²) < 4.78 is 1.01. The van der Waals surface area contributed by atoms with E-state index in [1.54, 1.807) is 23.1 Å². The second kappa shape index (κ2) is 8.85. The lowest BCUT2D eigenvalue weighted by molar-refractivity contribution is 1.02. The van der Waals surface area contributed by atoms with Crippen LogP contribution in [-0.4, -0.2) is 21.4 Å². The van der Waals surface area contributed by atoms with Gasteiger partial charge in [0.2, 0.25) is 0 Å². The van der Waals surface area contributed by atoms with Gasteiger partial charge < -0.3 is 4.98 Å². The Morgan fingerprint density at radius 3 is 2.43 bits per heavy atom. The first kappa shape index (κ1) is 17.7. The maximum atomic E-state index is 4.22. The average Bonchev–Trinajstić information content (AvgIpc) is 3.18. The molecule has 1 N–H and O–H groups in total. The molecule has 0 aliphatic heterocycles. The normalized spacial score (nSPS) is 9.62. The zero-order valence-corrected chi connectivity index (χ0v) is 15.2. The summed E-state index contributed by atoms with van der Waals surface area (Å²) in [5.74, 6) is 0. The van der Waals surface area contributed by atoms with Crippen molar-refractivity contribution in [1.82, 2.24) is 15.2 Å². The van der Waals surface area contributed by atoms with Crippen LogP contribution in [0.5, 0.6) is 0 Å². The van der Waals surface area contributed by atoms with Gasteiger partial charge in [-0.15, -0.1) is 10.2 Å². The molecule has 0 fully saturated rings. The van der Waals surface area contributed by atoms with Crippen LogP contribution in [0.4, 0.5) is 0 Å². The van der Waals surface area contributed by atoms with Crippen molar-refractivity contribution >= 4 is 34.0 Å². The minimum absolute atomic E-state index is 0.983. The fourth-order valence-corrected chi connectivity index (χ4v) is 3.07. The molecule has 2 aromatic heterocycles. The first-order valence-electron chi connectivity index (χ1n) is 7.23. The molecule has 2 heterocycles. The molecule has 0 radical (unpaired) electrons. The van der Waals surface area contributed by atoms with Gasteiger partial charge in [0.15, 0.2) is 4.34 Å². The van der Waals surface area contributed by atoms with E-state index in [2.05, 4.69) is 40.3 Å². The number of thioether (sulfide) groups is 1. The number of hydrogen-bond donors (Lipinski definition) is 1. The summed E-state index contributed by atoms with van der Waals surface area (Å²) in [5.41, 5.74) is 3.57. The molecule has 5 heteroatoms. The van der Waals surface area contributed by atoms with E-state index >= 15 is 0 Å². The minimum atomic E-state index is 0.983. The number of benzene rings is 1. The van der Waals surface area contributed by atoms with E-state index in [-0.39, 0.29) is 0 Å². The number of hydrogen-bond acceptors (Lipinski definition) is 4. The van der Waals surface area contributed by atoms with Gasteiger partial charge in [-0.2, -0.15) is 0 Å². The van der Waals surface area contributed by atoms with Gasteiger partial charge in [0, 0.05) is 22.7 Å².